The molecule has 0 heterocycles. The average molecular weight is 376 g/mol. The SMILES string of the molecule is Cc1cc(C(C)(C)C)cc(S(=O)(=O)Nc2ccc([O-])c(C(=O)O)c2)c1C. The number of carboxylic acid groups (broad SMARTS) is 1. The predicted molar refractivity (Wildman–Crippen MR) is 98.3 cm³/mol. The lowest BCUT2D eigenvalue weighted by Crippen LogP contribution is -2.18. The number of hydrogen-bond acceptors (Lipinski definition) is 4. The fraction of sp³-hybridized carbons (Fsp3) is 0.316. The Bertz CT molecular complexity index is 972. The van der Waals surface area contributed by atoms with Gasteiger partial charge in [0.15, 0.2) is 0 Å². The number of carbonyl (C=O) groups is 1. The first-order valence-corrected chi connectivity index (χ1v) is 9.50. The Hall–Kier alpha value is -2.54. The Balaban J connectivity index is 2.54. The van der Waals surface area contributed by atoms with E-state index in [0.29, 0.717) is 5.56 Å². The highest BCUT2D eigenvalue weighted by atomic mass is 32.2. The van der Waals surface area contributed by atoms with Crippen LogP contribution in [0.4, 0.5) is 5.69 Å². The van der Waals surface area contributed by atoms with Gasteiger partial charge in [-0.3, -0.25) is 4.72 Å². The van der Waals surface area contributed by atoms with Crippen molar-refractivity contribution >= 4 is 21.7 Å². The van der Waals surface area contributed by atoms with Crippen LogP contribution in [0, 0.1) is 13.8 Å². The molecule has 2 N–H and O–H groups in total. The van der Waals surface area contributed by atoms with Crippen molar-refractivity contribution < 1.29 is 23.4 Å². The van der Waals surface area contributed by atoms with Gasteiger partial charge in [-0.05, 0) is 54.2 Å². The minimum Gasteiger partial charge on any atom is -0.872 e. The normalized spacial score (nSPS) is 12.0. The summed E-state index contributed by atoms with van der Waals surface area (Å²) in [6, 6.07) is 6.90. The van der Waals surface area contributed by atoms with Crippen molar-refractivity contribution in [1.82, 2.24) is 0 Å². The van der Waals surface area contributed by atoms with Crippen molar-refractivity contribution in [2.75, 3.05) is 4.72 Å². The second kappa shape index (κ2) is 6.64. The fourth-order valence-electron chi connectivity index (χ4n) is 2.51. The summed E-state index contributed by atoms with van der Waals surface area (Å²) in [5.41, 5.74) is 1.65. The van der Waals surface area contributed by atoms with E-state index in [9.17, 15) is 18.3 Å². The molecule has 0 fully saturated rings. The molecular formula is C19H22NO5S-. The Morgan fingerprint density at radius 3 is 2.27 bits per heavy atom. The third kappa shape index (κ3) is 3.99. The van der Waals surface area contributed by atoms with E-state index < -0.39 is 27.3 Å². The number of hydrogen-bond donors (Lipinski definition) is 2. The molecule has 0 saturated heterocycles. The van der Waals surface area contributed by atoms with Gasteiger partial charge in [-0.15, -0.1) is 0 Å². The molecule has 7 heteroatoms. The van der Waals surface area contributed by atoms with Crippen LogP contribution in [0.15, 0.2) is 35.2 Å². The molecule has 2 aromatic rings. The quantitative estimate of drug-likeness (QED) is 0.852. The summed E-state index contributed by atoms with van der Waals surface area (Å²) in [5, 5.41) is 20.6. The number of aromatic carboxylic acids is 1. The summed E-state index contributed by atoms with van der Waals surface area (Å²) in [6.07, 6.45) is 0. The number of aryl methyl sites for hydroxylation is 1. The van der Waals surface area contributed by atoms with Crippen molar-refractivity contribution in [2.45, 2.75) is 44.9 Å². The highest BCUT2D eigenvalue weighted by Gasteiger charge is 2.23. The Morgan fingerprint density at radius 2 is 1.73 bits per heavy atom. The number of rotatable bonds is 4. The molecule has 26 heavy (non-hydrogen) atoms. The fourth-order valence-corrected chi connectivity index (χ4v) is 3.90. The zero-order valence-corrected chi connectivity index (χ0v) is 16.2. The summed E-state index contributed by atoms with van der Waals surface area (Å²) >= 11 is 0. The molecule has 2 aromatic carbocycles. The van der Waals surface area contributed by atoms with E-state index in [4.69, 9.17) is 5.11 Å². The van der Waals surface area contributed by atoms with Crippen molar-refractivity contribution in [3.05, 3.63) is 52.6 Å². The van der Waals surface area contributed by atoms with Crippen LogP contribution in [0.3, 0.4) is 0 Å². The van der Waals surface area contributed by atoms with E-state index in [0.717, 1.165) is 23.3 Å². The van der Waals surface area contributed by atoms with E-state index in [1.54, 1.807) is 13.0 Å². The second-order valence-corrected chi connectivity index (χ2v) is 8.94. The molecular weight excluding hydrogens is 354 g/mol. The van der Waals surface area contributed by atoms with Crippen LogP contribution in [0.5, 0.6) is 5.75 Å². The lowest BCUT2D eigenvalue weighted by Gasteiger charge is -2.22. The number of benzene rings is 2. The molecule has 2 rings (SSSR count). The zero-order valence-electron chi connectivity index (χ0n) is 15.4. The van der Waals surface area contributed by atoms with E-state index in [1.165, 1.54) is 6.07 Å². The number of sulfonamides is 1. The van der Waals surface area contributed by atoms with Crippen molar-refractivity contribution in [3.63, 3.8) is 0 Å². The van der Waals surface area contributed by atoms with E-state index >= 15 is 0 Å². The molecule has 0 unspecified atom stereocenters. The van der Waals surface area contributed by atoms with Crippen LogP contribution in [0.25, 0.3) is 0 Å². The Morgan fingerprint density at radius 1 is 1.12 bits per heavy atom. The third-order valence-electron chi connectivity index (χ3n) is 4.24. The maximum Gasteiger partial charge on any atom is 0.335 e. The smallest absolute Gasteiger partial charge is 0.335 e. The van der Waals surface area contributed by atoms with Gasteiger partial charge in [0.1, 0.15) is 0 Å². The first-order chi connectivity index (χ1) is 11.8. The summed E-state index contributed by atoms with van der Waals surface area (Å²) in [7, 11) is -3.95. The molecule has 140 valence electrons. The highest BCUT2D eigenvalue weighted by molar-refractivity contribution is 7.92. The topological polar surface area (TPSA) is 107 Å². The van der Waals surface area contributed by atoms with Gasteiger partial charge in [0.2, 0.25) is 0 Å². The lowest BCUT2D eigenvalue weighted by atomic mass is 9.85. The molecule has 0 saturated carbocycles. The molecule has 6 nitrogen and oxygen atoms in total. The standard InChI is InChI=1S/C19H23NO5S/c1-11-8-13(19(3,4)5)9-17(12(11)2)26(24,25)20-14-6-7-16(21)15(10-14)18(22)23/h6-10,20-21H,1-5H3,(H,22,23)/p-1. The largest absolute Gasteiger partial charge is 0.872 e. The van der Waals surface area contributed by atoms with Crippen LogP contribution < -0.4 is 9.83 Å². The molecule has 0 spiro atoms. The van der Waals surface area contributed by atoms with Gasteiger partial charge in [0.25, 0.3) is 10.0 Å². The molecule has 0 bridgehead atoms. The minimum absolute atomic E-state index is 0.0280. The molecule has 0 atom stereocenters. The number of nitrogens with one attached hydrogen (secondary N) is 1. The third-order valence-corrected chi connectivity index (χ3v) is 5.74. The lowest BCUT2D eigenvalue weighted by molar-refractivity contribution is -0.268. The Kier molecular flexibility index (Phi) is 5.05. The van der Waals surface area contributed by atoms with Gasteiger partial charge in [-0.25, -0.2) is 13.2 Å². The minimum atomic E-state index is -3.95. The number of anilines is 1. The summed E-state index contributed by atoms with van der Waals surface area (Å²) in [4.78, 5) is 11.2. The molecule has 0 amide bonds. The molecule has 0 aliphatic carbocycles. The van der Waals surface area contributed by atoms with Gasteiger partial charge in [0, 0.05) is 5.69 Å². The molecule has 0 aliphatic heterocycles. The van der Waals surface area contributed by atoms with Crippen LogP contribution >= 0.6 is 0 Å². The second-order valence-electron chi connectivity index (χ2n) is 7.29. The predicted octanol–water partition coefficient (Wildman–Crippen LogP) is 3.17. The Labute approximate surface area is 153 Å². The van der Waals surface area contributed by atoms with Crippen molar-refractivity contribution in [3.8, 4) is 5.75 Å². The van der Waals surface area contributed by atoms with Gasteiger partial charge < -0.3 is 10.2 Å². The van der Waals surface area contributed by atoms with Gasteiger partial charge >= 0.3 is 5.97 Å². The van der Waals surface area contributed by atoms with Crippen LogP contribution in [-0.2, 0) is 15.4 Å². The van der Waals surface area contributed by atoms with Crippen LogP contribution in [-0.4, -0.2) is 19.5 Å². The van der Waals surface area contributed by atoms with Gasteiger partial charge in [-0.2, -0.15) is 0 Å². The van der Waals surface area contributed by atoms with Crippen molar-refractivity contribution in [1.29, 1.82) is 0 Å². The molecule has 0 radical (unpaired) electrons. The van der Waals surface area contributed by atoms with Gasteiger partial charge in [0.05, 0.1) is 10.5 Å². The van der Waals surface area contributed by atoms with E-state index in [-0.39, 0.29) is 16.0 Å². The average Bonchev–Trinajstić information content (AvgIpc) is 2.50. The monoisotopic (exact) mass is 376 g/mol. The first kappa shape index (κ1) is 19.8. The van der Waals surface area contributed by atoms with Crippen LogP contribution in [0.1, 0.15) is 47.8 Å². The molecule has 0 aliphatic rings. The highest BCUT2D eigenvalue weighted by Crippen LogP contribution is 2.30. The first-order valence-electron chi connectivity index (χ1n) is 8.02. The van der Waals surface area contributed by atoms with Crippen molar-refractivity contribution in [2.24, 2.45) is 0 Å². The summed E-state index contributed by atoms with van der Waals surface area (Å²) in [5.74, 6) is -2.08. The van der Waals surface area contributed by atoms with E-state index in [1.807, 2.05) is 33.8 Å². The maximum atomic E-state index is 12.9. The van der Waals surface area contributed by atoms with E-state index in [2.05, 4.69) is 4.72 Å². The summed E-state index contributed by atoms with van der Waals surface area (Å²) < 4.78 is 28.1. The maximum absolute atomic E-state index is 12.9. The van der Waals surface area contributed by atoms with Gasteiger partial charge in [-0.1, -0.05) is 38.7 Å². The van der Waals surface area contributed by atoms with Crippen LogP contribution in [0.2, 0.25) is 0 Å². The zero-order chi connectivity index (χ0) is 19.9. The molecule has 0 aromatic heterocycles. The number of carboxylic acids is 1. The summed E-state index contributed by atoms with van der Waals surface area (Å²) in [6.45, 7) is 9.55.